The van der Waals surface area contributed by atoms with Gasteiger partial charge in [0.15, 0.2) is 0 Å². The van der Waals surface area contributed by atoms with E-state index >= 15 is 0 Å². The van der Waals surface area contributed by atoms with E-state index in [2.05, 4.69) is 10.6 Å². The van der Waals surface area contributed by atoms with Crippen molar-refractivity contribution >= 4 is 29.3 Å². The average molecular weight is 447 g/mol. The Balaban J connectivity index is 1.56. The zero-order valence-corrected chi connectivity index (χ0v) is 18.6. The van der Waals surface area contributed by atoms with Gasteiger partial charge < -0.3 is 11.1 Å². The molecule has 33 heavy (non-hydrogen) atoms. The van der Waals surface area contributed by atoms with Crippen LogP contribution in [0.4, 0.5) is 5.69 Å². The van der Waals surface area contributed by atoms with Gasteiger partial charge in [-0.05, 0) is 37.0 Å². The zero-order chi connectivity index (χ0) is 23.5. The molecule has 0 saturated carbocycles. The van der Waals surface area contributed by atoms with Gasteiger partial charge in [-0.15, -0.1) is 0 Å². The van der Waals surface area contributed by atoms with E-state index in [-0.39, 0.29) is 30.7 Å². The minimum Gasteiger partial charge on any atom is -0.370 e. The van der Waals surface area contributed by atoms with Gasteiger partial charge in [0.2, 0.25) is 23.6 Å². The molecular formula is C25H26N4O4. The number of hydrogen-bond donors (Lipinski definition) is 3. The van der Waals surface area contributed by atoms with E-state index in [1.54, 1.807) is 0 Å². The van der Waals surface area contributed by atoms with Gasteiger partial charge in [0.05, 0.1) is 11.8 Å². The molecule has 5 rings (SSSR count). The van der Waals surface area contributed by atoms with E-state index in [0.29, 0.717) is 17.7 Å². The number of nitrogens with one attached hydrogen (secondary N) is 2. The molecule has 0 aliphatic carbocycles. The number of likely N-dealkylation sites (tertiary alicyclic amines) is 1. The molecule has 2 saturated heterocycles. The minimum atomic E-state index is -1.41. The van der Waals surface area contributed by atoms with Crippen LogP contribution in [0, 0.1) is 25.7 Å². The standard InChI is InChI=1S/C25H26N4O4/c1-13-8-9-16-21(14(13)2)27-24(33)25(16)20-19(17(28-25)12-18(26)30)22(31)29(23(20)32)11-10-15-6-4-3-5-7-15/h3-9,17,19-20,28H,10-12H2,1-2H3,(H2,26,30)(H,27,33)/t17?,19-,20+,25?/m1/s1. The summed E-state index contributed by atoms with van der Waals surface area (Å²) in [6, 6.07) is 12.6. The quantitative estimate of drug-likeness (QED) is 0.595. The molecule has 0 aromatic heterocycles. The number of carbonyl (C=O) groups is 4. The average Bonchev–Trinajstić information content (AvgIpc) is 3.35. The summed E-state index contributed by atoms with van der Waals surface area (Å²) in [5.41, 5.74) is 8.29. The predicted molar refractivity (Wildman–Crippen MR) is 121 cm³/mol. The fourth-order valence-electron chi connectivity index (χ4n) is 5.68. The lowest BCUT2D eigenvalue weighted by Gasteiger charge is -2.29. The first-order valence-corrected chi connectivity index (χ1v) is 11.1. The van der Waals surface area contributed by atoms with Crippen LogP contribution in [0.3, 0.4) is 0 Å². The van der Waals surface area contributed by atoms with E-state index in [0.717, 1.165) is 16.7 Å². The number of imide groups is 1. The maximum absolute atomic E-state index is 13.7. The van der Waals surface area contributed by atoms with Gasteiger partial charge in [-0.2, -0.15) is 0 Å². The van der Waals surface area contributed by atoms with Crippen LogP contribution in [0.15, 0.2) is 42.5 Å². The number of primary amides is 1. The first-order valence-electron chi connectivity index (χ1n) is 11.1. The van der Waals surface area contributed by atoms with Crippen molar-refractivity contribution in [1.82, 2.24) is 10.2 Å². The fourth-order valence-corrected chi connectivity index (χ4v) is 5.68. The van der Waals surface area contributed by atoms with Gasteiger partial charge >= 0.3 is 0 Å². The Bertz CT molecular complexity index is 1190. The molecule has 4 N–H and O–H groups in total. The second kappa shape index (κ2) is 7.52. The van der Waals surface area contributed by atoms with Crippen LogP contribution in [0.2, 0.25) is 0 Å². The number of anilines is 1. The third-order valence-corrected chi connectivity index (χ3v) is 7.40. The molecule has 4 atom stereocenters. The zero-order valence-electron chi connectivity index (χ0n) is 18.6. The van der Waals surface area contributed by atoms with Crippen molar-refractivity contribution < 1.29 is 19.2 Å². The number of amides is 4. The molecule has 4 amide bonds. The number of nitrogens with two attached hydrogens (primary N) is 1. The van der Waals surface area contributed by atoms with Gasteiger partial charge in [0.1, 0.15) is 5.54 Å². The lowest BCUT2D eigenvalue weighted by atomic mass is 9.76. The minimum absolute atomic E-state index is 0.137. The summed E-state index contributed by atoms with van der Waals surface area (Å²) < 4.78 is 0. The maximum atomic E-state index is 13.7. The molecule has 2 fully saturated rings. The topological polar surface area (TPSA) is 122 Å². The molecule has 8 heteroatoms. The highest BCUT2D eigenvalue weighted by molar-refractivity contribution is 6.15. The molecule has 3 aliphatic heterocycles. The van der Waals surface area contributed by atoms with Gasteiger partial charge in [0.25, 0.3) is 0 Å². The highest BCUT2D eigenvalue weighted by Gasteiger charge is 2.70. The molecule has 170 valence electrons. The Morgan fingerprint density at radius 3 is 2.48 bits per heavy atom. The first-order chi connectivity index (χ1) is 15.8. The number of benzene rings is 2. The van der Waals surface area contributed by atoms with Crippen LogP contribution < -0.4 is 16.4 Å². The van der Waals surface area contributed by atoms with Crippen LogP contribution in [0.25, 0.3) is 0 Å². The van der Waals surface area contributed by atoms with Gasteiger partial charge in [0, 0.05) is 30.3 Å². The summed E-state index contributed by atoms with van der Waals surface area (Å²) in [5.74, 6) is -3.49. The Morgan fingerprint density at radius 1 is 1.06 bits per heavy atom. The number of aryl methyl sites for hydroxylation is 1. The summed E-state index contributed by atoms with van der Waals surface area (Å²) in [6.45, 7) is 4.08. The van der Waals surface area contributed by atoms with Gasteiger partial charge in [-0.3, -0.25) is 29.4 Å². The first kappa shape index (κ1) is 21.3. The van der Waals surface area contributed by atoms with Crippen molar-refractivity contribution in [2.75, 3.05) is 11.9 Å². The van der Waals surface area contributed by atoms with Crippen LogP contribution in [-0.4, -0.2) is 41.1 Å². The molecular weight excluding hydrogens is 420 g/mol. The maximum Gasteiger partial charge on any atom is 0.250 e. The summed E-state index contributed by atoms with van der Waals surface area (Å²) >= 11 is 0. The third kappa shape index (κ3) is 3.01. The Morgan fingerprint density at radius 2 is 1.79 bits per heavy atom. The van der Waals surface area contributed by atoms with Crippen LogP contribution in [-0.2, 0) is 31.1 Å². The number of fused-ring (bicyclic) bond motifs is 4. The molecule has 3 aliphatic rings. The van der Waals surface area contributed by atoms with E-state index in [1.807, 2.05) is 56.3 Å². The molecule has 1 spiro atoms. The van der Waals surface area contributed by atoms with E-state index < -0.39 is 29.3 Å². The number of nitrogens with zero attached hydrogens (tertiary/aromatic N) is 1. The highest BCUT2D eigenvalue weighted by Crippen LogP contribution is 2.54. The number of carbonyl (C=O) groups excluding carboxylic acids is 4. The second-order valence-electron chi connectivity index (χ2n) is 9.18. The van der Waals surface area contributed by atoms with Crippen molar-refractivity contribution in [2.24, 2.45) is 17.6 Å². The van der Waals surface area contributed by atoms with Crippen LogP contribution in [0.1, 0.15) is 28.7 Å². The summed E-state index contributed by atoms with van der Waals surface area (Å²) in [7, 11) is 0. The summed E-state index contributed by atoms with van der Waals surface area (Å²) in [6.07, 6.45) is 0.377. The molecule has 0 radical (unpaired) electrons. The number of hydrogen-bond acceptors (Lipinski definition) is 5. The normalized spacial score (nSPS) is 27.8. The smallest absolute Gasteiger partial charge is 0.250 e. The molecule has 2 aromatic carbocycles. The van der Waals surface area contributed by atoms with Crippen molar-refractivity contribution in [2.45, 2.75) is 38.3 Å². The van der Waals surface area contributed by atoms with Gasteiger partial charge in [-0.25, -0.2) is 0 Å². The monoisotopic (exact) mass is 446 g/mol. The third-order valence-electron chi connectivity index (χ3n) is 7.40. The SMILES string of the molecule is Cc1ccc2c(c1C)NC(=O)C21NC(CC(N)=O)[C@H]2C(=O)N(CCc3ccccc3)C(=O)[C@H]21. The van der Waals surface area contributed by atoms with Crippen LogP contribution in [0.5, 0.6) is 0 Å². The van der Waals surface area contributed by atoms with Crippen molar-refractivity contribution in [3.63, 3.8) is 0 Å². The second-order valence-corrected chi connectivity index (χ2v) is 9.18. The number of rotatable bonds is 5. The predicted octanol–water partition coefficient (Wildman–Crippen LogP) is 1.14. The largest absolute Gasteiger partial charge is 0.370 e. The Labute approximate surface area is 191 Å². The summed E-state index contributed by atoms with van der Waals surface area (Å²) in [5, 5.41) is 6.16. The lowest BCUT2D eigenvalue weighted by molar-refractivity contribution is -0.142. The molecule has 2 unspecified atom stereocenters. The molecule has 8 nitrogen and oxygen atoms in total. The fraction of sp³-hybridized carbons (Fsp3) is 0.360. The van der Waals surface area contributed by atoms with Gasteiger partial charge in [-0.1, -0.05) is 42.5 Å². The summed E-state index contributed by atoms with van der Waals surface area (Å²) in [4.78, 5) is 53.7. The van der Waals surface area contributed by atoms with E-state index in [4.69, 9.17) is 5.73 Å². The van der Waals surface area contributed by atoms with E-state index in [1.165, 1.54) is 4.90 Å². The highest BCUT2D eigenvalue weighted by atomic mass is 16.2. The van der Waals surface area contributed by atoms with Crippen molar-refractivity contribution in [1.29, 1.82) is 0 Å². The lowest BCUT2D eigenvalue weighted by Crippen LogP contribution is -2.53. The van der Waals surface area contributed by atoms with Crippen molar-refractivity contribution in [3.05, 3.63) is 64.7 Å². The Kier molecular flexibility index (Phi) is 4.86. The molecule has 0 bridgehead atoms. The molecule has 3 heterocycles. The van der Waals surface area contributed by atoms with E-state index in [9.17, 15) is 19.2 Å². The molecule has 2 aromatic rings. The van der Waals surface area contributed by atoms with Crippen molar-refractivity contribution in [3.8, 4) is 0 Å². The van der Waals surface area contributed by atoms with Crippen LogP contribution >= 0.6 is 0 Å². The Hall–Kier alpha value is -3.52.